The first-order chi connectivity index (χ1) is 13.8. The van der Waals surface area contributed by atoms with E-state index in [1.807, 2.05) is 25.1 Å². The minimum absolute atomic E-state index is 0.247. The Morgan fingerprint density at radius 1 is 1.07 bits per heavy atom. The van der Waals surface area contributed by atoms with Gasteiger partial charge in [-0.15, -0.1) is 0 Å². The number of benzene rings is 2. The Bertz CT molecular complexity index is 718. The van der Waals surface area contributed by atoms with Crippen LogP contribution in [0.2, 0.25) is 0 Å². The van der Waals surface area contributed by atoms with Crippen molar-refractivity contribution in [2.75, 3.05) is 46.0 Å². The molecule has 0 saturated carbocycles. The molecular formula is C22H29FN2O3. The number of ether oxygens (including phenoxy) is 3. The van der Waals surface area contributed by atoms with Crippen LogP contribution >= 0.6 is 0 Å². The lowest BCUT2D eigenvalue weighted by Crippen LogP contribution is -2.40. The van der Waals surface area contributed by atoms with Crippen molar-refractivity contribution in [2.24, 2.45) is 0 Å². The first-order valence-electron chi connectivity index (χ1n) is 9.89. The summed E-state index contributed by atoms with van der Waals surface area (Å²) in [4.78, 5) is 2.40. The summed E-state index contributed by atoms with van der Waals surface area (Å²) >= 11 is 0. The molecule has 1 fully saturated rings. The van der Waals surface area contributed by atoms with Gasteiger partial charge in [-0.3, -0.25) is 4.90 Å². The zero-order chi connectivity index (χ0) is 19.6. The number of hydrogen-bond acceptors (Lipinski definition) is 5. The van der Waals surface area contributed by atoms with Crippen molar-refractivity contribution in [3.8, 4) is 11.5 Å². The molecule has 1 aliphatic rings. The summed E-state index contributed by atoms with van der Waals surface area (Å²) in [5.41, 5.74) is 1.97. The molecule has 0 atom stereocenters. The van der Waals surface area contributed by atoms with Crippen LogP contribution in [0.25, 0.3) is 0 Å². The fraction of sp³-hybridized carbons (Fsp3) is 0.455. The second-order valence-electron chi connectivity index (χ2n) is 6.72. The van der Waals surface area contributed by atoms with E-state index in [0.29, 0.717) is 19.8 Å². The summed E-state index contributed by atoms with van der Waals surface area (Å²) in [6.07, 6.45) is 0. The Hall–Kier alpha value is -2.15. The molecule has 0 bridgehead atoms. The SMILES string of the molecule is CCOc1cccc(CNCCN2CCOCC2)c1OCc1ccc(F)cc1. The first kappa shape index (κ1) is 20.6. The van der Waals surface area contributed by atoms with Gasteiger partial charge >= 0.3 is 0 Å². The maximum Gasteiger partial charge on any atom is 0.166 e. The molecule has 0 radical (unpaired) electrons. The van der Waals surface area contributed by atoms with E-state index in [1.165, 1.54) is 12.1 Å². The van der Waals surface area contributed by atoms with Crippen LogP contribution in [0.3, 0.4) is 0 Å². The van der Waals surface area contributed by atoms with E-state index >= 15 is 0 Å². The summed E-state index contributed by atoms with van der Waals surface area (Å²) in [6.45, 7) is 9.11. The number of rotatable bonds is 10. The van der Waals surface area contributed by atoms with E-state index in [4.69, 9.17) is 14.2 Å². The van der Waals surface area contributed by atoms with Crippen LogP contribution in [-0.4, -0.2) is 50.9 Å². The van der Waals surface area contributed by atoms with Crippen LogP contribution in [0.1, 0.15) is 18.1 Å². The Kier molecular flexibility index (Phi) is 8.08. The van der Waals surface area contributed by atoms with Gasteiger partial charge in [0.2, 0.25) is 0 Å². The number of nitrogens with zero attached hydrogens (tertiary/aromatic N) is 1. The summed E-state index contributed by atoms with van der Waals surface area (Å²) in [5.74, 6) is 1.23. The van der Waals surface area contributed by atoms with E-state index in [9.17, 15) is 4.39 Å². The normalized spacial score (nSPS) is 14.8. The third-order valence-corrected chi connectivity index (χ3v) is 4.68. The van der Waals surface area contributed by atoms with Crippen LogP contribution in [0.4, 0.5) is 4.39 Å². The molecule has 1 saturated heterocycles. The zero-order valence-corrected chi connectivity index (χ0v) is 16.5. The summed E-state index contributed by atoms with van der Waals surface area (Å²) in [7, 11) is 0. The van der Waals surface area contributed by atoms with Crippen LogP contribution < -0.4 is 14.8 Å². The van der Waals surface area contributed by atoms with Crippen molar-refractivity contribution in [3.05, 3.63) is 59.4 Å². The van der Waals surface area contributed by atoms with Crippen molar-refractivity contribution in [1.82, 2.24) is 10.2 Å². The van der Waals surface area contributed by atoms with Crippen LogP contribution in [0.5, 0.6) is 11.5 Å². The average Bonchev–Trinajstić information content (AvgIpc) is 2.73. The Labute approximate surface area is 166 Å². The molecular weight excluding hydrogens is 359 g/mol. The lowest BCUT2D eigenvalue weighted by Gasteiger charge is -2.26. The van der Waals surface area contributed by atoms with Gasteiger partial charge in [0.25, 0.3) is 0 Å². The van der Waals surface area contributed by atoms with Gasteiger partial charge in [0, 0.05) is 38.3 Å². The zero-order valence-electron chi connectivity index (χ0n) is 16.5. The molecule has 6 heteroatoms. The Morgan fingerprint density at radius 2 is 1.86 bits per heavy atom. The highest BCUT2D eigenvalue weighted by Gasteiger charge is 2.13. The second kappa shape index (κ2) is 11.0. The molecule has 0 aromatic heterocycles. The molecule has 2 aromatic rings. The van der Waals surface area contributed by atoms with Gasteiger partial charge in [0.15, 0.2) is 11.5 Å². The van der Waals surface area contributed by atoms with Gasteiger partial charge < -0.3 is 19.5 Å². The maximum absolute atomic E-state index is 13.1. The smallest absolute Gasteiger partial charge is 0.166 e. The van der Waals surface area contributed by atoms with Crippen molar-refractivity contribution in [1.29, 1.82) is 0 Å². The molecule has 152 valence electrons. The number of hydrogen-bond donors (Lipinski definition) is 1. The topological polar surface area (TPSA) is 43.0 Å². The number of halogens is 1. The fourth-order valence-corrected chi connectivity index (χ4v) is 3.15. The molecule has 0 amide bonds. The summed E-state index contributed by atoms with van der Waals surface area (Å²) < 4.78 is 30.3. The van der Waals surface area contributed by atoms with Crippen molar-refractivity contribution in [3.63, 3.8) is 0 Å². The predicted molar refractivity (Wildman–Crippen MR) is 107 cm³/mol. The van der Waals surface area contributed by atoms with E-state index in [-0.39, 0.29) is 5.82 Å². The molecule has 0 spiro atoms. The average molecular weight is 388 g/mol. The quantitative estimate of drug-likeness (QED) is 0.633. The van der Waals surface area contributed by atoms with E-state index in [2.05, 4.69) is 10.2 Å². The van der Waals surface area contributed by atoms with Crippen LogP contribution in [0, 0.1) is 5.82 Å². The molecule has 5 nitrogen and oxygen atoms in total. The standard InChI is InChI=1S/C22H29FN2O3/c1-2-27-21-5-3-4-19(16-24-10-11-25-12-14-26-15-13-25)22(21)28-17-18-6-8-20(23)9-7-18/h3-9,24H,2,10-17H2,1H3. The van der Waals surface area contributed by atoms with Gasteiger partial charge in [-0.05, 0) is 30.7 Å². The third kappa shape index (κ3) is 6.19. The molecule has 1 aliphatic heterocycles. The van der Waals surface area contributed by atoms with Crippen LogP contribution in [0.15, 0.2) is 42.5 Å². The van der Waals surface area contributed by atoms with E-state index in [0.717, 1.165) is 62.0 Å². The molecule has 3 rings (SSSR count). The molecule has 1 heterocycles. The fourth-order valence-electron chi connectivity index (χ4n) is 3.15. The van der Waals surface area contributed by atoms with E-state index in [1.54, 1.807) is 12.1 Å². The maximum atomic E-state index is 13.1. The van der Waals surface area contributed by atoms with Crippen LogP contribution in [-0.2, 0) is 17.9 Å². The second-order valence-corrected chi connectivity index (χ2v) is 6.72. The van der Waals surface area contributed by atoms with Crippen molar-refractivity contribution >= 4 is 0 Å². The van der Waals surface area contributed by atoms with Gasteiger partial charge in [-0.1, -0.05) is 24.3 Å². The number of para-hydroxylation sites is 1. The van der Waals surface area contributed by atoms with Gasteiger partial charge in [-0.2, -0.15) is 0 Å². The molecule has 0 unspecified atom stereocenters. The highest BCUT2D eigenvalue weighted by Crippen LogP contribution is 2.32. The van der Waals surface area contributed by atoms with Crippen molar-refractivity contribution < 1.29 is 18.6 Å². The minimum Gasteiger partial charge on any atom is -0.490 e. The Morgan fingerprint density at radius 3 is 2.61 bits per heavy atom. The lowest BCUT2D eigenvalue weighted by atomic mass is 10.1. The monoisotopic (exact) mass is 388 g/mol. The minimum atomic E-state index is -0.247. The predicted octanol–water partition coefficient (Wildman–Crippen LogP) is 3.23. The highest BCUT2D eigenvalue weighted by atomic mass is 19.1. The van der Waals surface area contributed by atoms with Crippen molar-refractivity contribution in [2.45, 2.75) is 20.1 Å². The molecule has 0 aliphatic carbocycles. The number of morpholine rings is 1. The first-order valence-corrected chi connectivity index (χ1v) is 9.89. The number of nitrogens with one attached hydrogen (secondary N) is 1. The van der Waals surface area contributed by atoms with Gasteiger partial charge in [0.1, 0.15) is 12.4 Å². The molecule has 1 N–H and O–H groups in total. The van der Waals surface area contributed by atoms with E-state index < -0.39 is 0 Å². The third-order valence-electron chi connectivity index (χ3n) is 4.68. The molecule has 28 heavy (non-hydrogen) atoms. The van der Waals surface area contributed by atoms with Gasteiger partial charge in [0.05, 0.1) is 19.8 Å². The van der Waals surface area contributed by atoms with Gasteiger partial charge in [-0.25, -0.2) is 4.39 Å². The summed E-state index contributed by atoms with van der Waals surface area (Å²) in [5, 5.41) is 3.50. The Balaban J connectivity index is 1.58. The summed E-state index contributed by atoms with van der Waals surface area (Å²) in [6, 6.07) is 12.3. The lowest BCUT2D eigenvalue weighted by molar-refractivity contribution is 0.0384. The molecule has 2 aromatic carbocycles. The highest BCUT2D eigenvalue weighted by molar-refractivity contribution is 5.46. The largest absolute Gasteiger partial charge is 0.490 e.